The maximum Gasteiger partial charge on any atom is 0.226 e. The van der Waals surface area contributed by atoms with E-state index >= 15 is 0 Å². The van der Waals surface area contributed by atoms with E-state index < -0.39 is 0 Å². The molecule has 1 amide bonds. The number of piperidine rings is 1. The second kappa shape index (κ2) is 4.25. The highest BCUT2D eigenvalue weighted by Crippen LogP contribution is 2.34. The zero-order valence-electron chi connectivity index (χ0n) is 11.5. The summed E-state index contributed by atoms with van der Waals surface area (Å²) in [4.78, 5) is 16.1. The highest BCUT2D eigenvalue weighted by molar-refractivity contribution is 5.77. The minimum Gasteiger partial charge on any atom is -0.355 e. The fourth-order valence-corrected chi connectivity index (χ4v) is 2.83. The van der Waals surface area contributed by atoms with Crippen molar-refractivity contribution in [3.63, 3.8) is 0 Å². The molecule has 2 fully saturated rings. The molecule has 0 N–H and O–H groups in total. The third kappa shape index (κ3) is 2.33. The van der Waals surface area contributed by atoms with Crippen molar-refractivity contribution < 1.29 is 9.53 Å². The fraction of sp³-hybridized carbons (Fsp3) is 0.923. The molecule has 98 valence electrons. The van der Waals surface area contributed by atoms with Gasteiger partial charge in [0, 0.05) is 38.5 Å². The second-order valence-corrected chi connectivity index (χ2v) is 6.16. The number of likely N-dealkylation sites (tertiary alicyclic amines) is 1. The molecule has 0 unspecified atom stereocenters. The number of carbonyl (C=O) groups excluding carboxylic acids is 1. The number of amides is 1. The number of rotatable bonds is 0. The summed E-state index contributed by atoms with van der Waals surface area (Å²) in [6, 6.07) is 0. The van der Waals surface area contributed by atoms with Gasteiger partial charge in [0.05, 0.1) is 13.0 Å². The van der Waals surface area contributed by atoms with Crippen LogP contribution >= 0.6 is 0 Å². The highest BCUT2D eigenvalue weighted by Gasteiger charge is 2.45. The quantitative estimate of drug-likeness (QED) is 0.642. The summed E-state index contributed by atoms with van der Waals surface area (Å²) >= 11 is 0. The summed E-state index contributed by atoms with van der Waals surface area (Å²) in [7, 11) is 1.88. The molecule has 0 radical (unpaired) electrons. The van der Waals surface area contributed by atoms with Gasteiger partial charge >= 0.3 is 0 Å². The lowest BCUT2D eigenvalue weighted by atomic mass is 9.93. The summed E-state index contributed by atoms with van der Waals surface area (Å²) in [6.45, 7) is 9.30. The van der Waals surface area contributed by atoms with Crippen LogP contribution in [-0.4, -0.2) is 53.7 Å². The molecule has 2 aliphatic heterocycles. The van der Waals surface area contributed by atoms with Gasteiger partial charge in [0.2, 0.25) is 5.91 Å². The van der Waals surface area contributed by atoms with Crippen LogP contribution in [0.5, 0.6) is 0 Å². The van der Waals surface area contributed by atoms with Crippen LogP contribution in [0.3, 0.4) is 0 Å². The van der Waals surface area contributed by atoms with Gasteiger partial charge in [0.1, 0.15) is 5.72 Å². The fourth-order valence-electron chi connectivity index (χ4n) is 2.83. The Morgan fingerprint density at radius 1 is 1.24 bits per heavy atom. The van der Waals surface area contributed by atoms with Gasteiger partial charge in [0.25, 0.3) is 0 Å². The number of nitrogens with zero attached hydrogens (tertiary/aromatic N) is 2. The van der Waals surface area contributed by atoms with E-state index in [1.165, 1.54) is 0 Å². The molecule has 4 nitrogen and oxygen atoms in total. The standard InChI is InChI=1S/C13H24N2O2/c1-12(2,3)15-8-6-13(7-9-15)14(4)11(16)5-10-17-13/h5-10H2,1-4H3. The van der Waals surface area contributed by atoms with Crippen molar-refractivity contribution in [1.29, 1.82) is 0 Å². The van der Waals surface area contributed by atoms with Crippen LogP contribution in [0.1, 0.15) is 40.0 Å². The molecule has 2 rings (SSSR count). The number of ether oxygens (including phenoxy) is 1. The minimum absolute atomic E-state index is 0.207. The summed E-state index contributed by atoms with van der Waals surface area (Å²) in [5, 5.41) is 0. The van der Waals surface area contributed by atoms with E-state index in [0.29, 0.717) is 13.0 Å². The Balaban J connectivity index is 2.04. The second-order valence-electron chi connectivity index (χ2n) is 6.16. The van der Waals surface area contributed by atoms with E-state index in [1.54, 1.807) is 0 Å². The van der Waals surface area contributed by atoms with Crippen molar-refractivity contribution in [3.05, 3.63) is 0 Å². The Morgan fingerprint density at radius 3 is 2.35 bits per heavy atom. The lowest BCUT2D eigenvalue weighted by Gasteiger charge is -2.51. The molecule has 17 heavy (non-hydrogen) atoms. The Labute approximate surface area is 104 Å². The molecular weight excluding hydrogens is 216 g/mol. The molecule has 0 aromatic rings. The Bertz CT molecular complexity index is 301. The van der Waals surface area contributed by atoms with Gasteiger partial charge in [-0.25, -0.2) is 0 Å². The van der Waals surface area contributed by atoms with Crippen LogP contribution in [0, 0.1) is 0 Å². The van der Waals surface area contributed by atoms with Gasteiger partial charge in [-0.1, -0.05) is 0 Å². The largest absolute Gasteiger partial charge is 0.355 e. The monoisotopic (exact) mass is 240 g/mol. The molecule has 0 aromatic carbocycles. The first-order chi connectivity index (χ1) is 7.85. The zero-order chi connectivity index (χ0) is 12.7. The zero-order valence-corrected chi connectivity index (χ0v) is 11.5. The molecule has 0 aliphatic carbocycles. The molecule has 4 heteroatoms. The van der Waals surface area contributed by atoms with Gasteiger partial charge < -0.3 is 9.64 Å². The number of hydrogen-bond acceptors (Lipinski definition) is 3. The molecular formula is C13H24N2O2. The third-order valence-electron chi connectivity index (χ3n) is 4.17. The van der Waals surface area contributed by atoms with E-state index in [1.807, 2.05) is 11.9 Å². The Kier molecular flexibility index (Phi) is 3.21. The average Bonchev–Trinajstić information content (AvgIpc) is 2.25. The van der Waals surface area contributed by atoms with Crippen LogP contribution in [0.4, 0.5) is 0 Å². The molecule has 2 heterocycles. The van der Waals surface area contributed by atoms with E-state index in [2.05, 4.69) is 25.7 Å². The topological polar surface area (TPSA) is 32.8 Å². The van der Waals surface area contributed by atoms with Gasteiger partial charge in [-0.15, -0.1) is 0 Å². The van der Waals surface area contributed by atoms with Crippen LogP contribution < -0.4 is 0 Å². The summed E-state index contributed by atoms with van der Waals surface area (Å²) < 4.78 is 5.93. The maximum atomic E-state index is 11.8. The average molecular weight is 240 g/mol. The van der Waals surface area contributed by atoms with Crippen LogP contribution in [0.15, 0.2) is 0 Å². The Morgan fingerprint density at radius 2 is 1.82 bits per heavy atom. The molecule has 0 aromatic heterocycles. The van der Waals surface area contributed by atoms with Crippen LogP contribution in [0.25, 0.3) is 0 Å². The Hall–Kier alpha value is -0.610. The van der Waals surface area contributed by atoms with E-state index in [4.69, 9.17) is 4.74 Å². The predicted molar refractivity (Wildman–Crippen MR) is 66.6 cm³/mol. The van der Waals surface area contributed by atoms with Crippen LogP contribution in [0.2, 0.25) is 0 Å². The first kappa shape index (κ1) is 12.8. The SMILES string of the molecule is CN1C(=O)CCOC12CCN(C(C)(C)C)CC2. The first-order valence-corrected chi connectivity index (χ1v) is 6.51. The summed E-state index contributed by atoms with van der Waals surface area (Å²) in [5.41, 5.74) is -0.115. The first-order valence-electron chi connectivity index (χ1n) is 6.51. The molecule has 2 saturated heterocycles. The van der Waals surface area contributed by atoms with Crippen molar-refractivity contribution in [2.45, 2.75) is 51.3 Å². The number of hydrogen-bond donors (Lipinski definition) is 0. The molecule has 0 atom stereocenters. The smallest absolute Gasteiger partial charge is 0.226 e. The highest BCUT2D eigenvalue weighted by atomic mass is 16.5. The van der Waals surface area contributed by atoms with Crippen LogP contribution in [-0.2, 0) is 9.53 Å². The van der Waals surface area contributed by atoms with Crippen molar-refractivity contribution in [2.75, 3.05) is 26.7 Å². The van der Waals surface area contributed by atoms with E-state index in [9.17, 15) is 4.79 Å². The molecule has 2 aliphatic rings. The van der Waals surface area contributed by atoms with Crippen molar-refractivity contribution in [1.82, 2.24) is 9.80 Å². The normalized spacial score (nSPS) is 26.6. The lowest BCUT2D eigenvalue weighted by Crippen LogP contribution is -2.62. The van der Waals surface area contributed by atoms with Gasteiger partial charge in [-0.05, 0) is 20.8 Å². The lowest BCUT2D eigenvalue weighted by molar-refractivity contribution is -0.208. The van der Waals surface area contributed by atoms with Crippen molar-refractivity contribution >= 4 is 5.91 Å². The third-order valence-corrected chi connectivity index (χ3v) is 4.17. The minimum atomic E-state index is -0.322. The van der Waals surface area contributed by atoms with E-state index in [0.717, 1.165) is 25.9 Å². The van der Waals surface area contributed by atoms with E-state index in [-0.39, 0.29) is 17.2 Å². The van der Waals surface area contributed by atoms with Gasteiger partial charge in [-0.2, -0.15) is 0 Å². The number of carbonyl (C=O) groups is 1. The summed E-state index contributed by atoms with van der Waals surface area (Å²) in [5.74, 6) is 0.223. The van der Waals surface area contributed by atoms with Gasteiger partial charge in [-0.3, -0.25) is 9.69 Å². The molecule has 0 saturated carbocycles. The van der Waals surface area contributed by atoms with Crippen molar-refractivity contribution in [3.8, 4) is 0 Å². The predicted octanol–water partition coefficient (Wildman–Crippen LogP) is 1.46. The van der Waals surface area contributed by atoms with Crippen molar-refractivity contribution in [2.24, 2.45) is 0 Å². The van der Waals surface area contributed by atoms with Gasteiger partial charge in [0.15, 0.2) is 0 Å². The molecule has 0 bridgehead atoms. The molecule has 1 spiro atoms. The summed E-state index contributed by atoms with van der Waals surface area (Å²) in [6.07, 6.45) is 2.38. The maximum absolute atomic E-state index is 11.8.